The van der Waals surface area contributed by atoms with Gasteiger partial charge in [0.25, 0.3) is 0 Å². The van der Waals surface area contributed by atoms with Crippen LogP contribution in [0, 0.1) is 18.3 Å². The Morgan fingerprint density at radius 2 is 1.73 bits per heavy atom. The SMILES string of the molecule is Cc1cc(C(=O)CC(O)(c2cc(Cl)cc(Cl)c2)C(F)(F)F)ccc1C#N. The minimum absolute atomic E-state index is 0.0442. The third-order valence-corrected chi connectivity index (χ3v) is 4.33. The molecular formula is C18H12Cl2F3NO2. The summed E-state index contributed by atoms with van der Waals surface area (Å²) >= 11 is 11.5. The number of ketones is 1. The molecule has 136 valence electrons. The average molecular weight is 402 g/mol. The highest BCUT2D eigenvalue weighted by molar-refractivity contribution is 6.34. The van der Waals surface area contributed by atoms with Gasteiger partial charge in [-0.25, -0.2) is 0 Å². The normalized spacial score (nSPS) is 13.8. The fourth-order valence-corrected chi connectivity index (χ4v) is 2.98. The number of halogens is 5. The molecule has 0 saturated carbocycles. The van der Waals surface area contributed by atoms with E-state index in [9.17, 15) is 23.1 Å². The molecular weight excluding hydrogens is 390 g/mol. The number of Topliss-reactive ketones (excluding diaryl/α,β-unsaturated/α-hetero) is 1. The van der Waals surface area contributed by atoms with Crippen LogP contribution in [0.5, 0.6) is 0 Å². The fourth-order valence-electron chi connectivity index (χ4n) is 2.46. The van der Waals surface area contributed by atoms with E-state index in [1.54, 1.807) is 6.92 Å². The van der Waals surface area contributed by atoms with E-state index in [0.29, 0.717) is 11.1 Å². The first-order valence-electron chi connectivity index (χ1n) is 7.27. The highest BCUT2D eigenvalue weighted by Crippen LogP contribution is 2.43. The molecule has 0 amide bonds. The van der Waals surface area contributed by atoms with Crippen LogP contribution in [0.2, 0.25) is 10.0 Å². The van der Waals surface area contributed by atoms with Crippen molar-refractivity contribution in [2.75, 3.05) is 0 Å². The highest BCUT2D eigenvalue weighted by atomic mass is 35.5. The molecule has 0 radical (unpaired) electrons. The molecule has 0 saturated heterocycles. The van der Waals surface area contributed by atoms with Gasteiger partial charge < -0.3 is 5.11 Å². The maximum atomic E-state index is 13.6. The molecule has 2 rings (SSSR count). The number of carbonyl (C=O) groups excluding carboxylic acids is 1. The van der Waals surface area contributed by atoms with Crippen LogP contribution in [0.1, 0.15) is 33.5 Å². The summed E-state index contributed by atoms with van der Waals surface area (Å²) in [5.41, 5.74) is -3.38. The van der Waals surface area contributed by atoms with Crippen LogP contribution in [0.4, 0.5) is 13.2 Å². The molecule has 0 bridgehead atoms. The first kappa shape index (κ1) is 20.2. The Hall–Kier alpha value is -2.07. The Balaban J connectivity index is 2.47. The summed E-state index contributed by atoms with van der Waals surface area (Å²) in [4.78, 5) is 12.4. The molecule has 3 nitrogen and oxygen atoms in total. The molecule has 26 heavy (non-hydrogen) atoms. The number of aliphatic hydroxyl groups is 1. The summed E-state index contributed by atoms with van der Waals surface area (Å²) in [6.07, 6.45) is -6.39. The van der Waals surface area contributed by atoms with Crippen LogP contribution >= 0.6 is 23.2 Å². The van der Waals surface area contributed by atoms with Gasteiger partial charge in [0, 0.05) is 15.6 Å². The van der Waals surface area contributed by atoms with Crippen LogP contribution in [0.3, 0.4) is 0 Å². The molecule has 0 aliphatic carbocycles. The summed E-state index contributed by atoms with van der Waals surface area (Å²) in [5.74, 6) is -0.937. The van der Waals surface area contributed by atoms with E-state index in [-0.39, 0.29) is 15.6 Å². The van der Waals surface area contributed by atoms with Gasteiger partial charge in [0.1, 0.15) is 0 Å². The smallest absolute Gasteiger partial charge is 0.376 e. The number of hydrogen-bond donors (Lipinski definition) is 1. The van der Waals surface area contributed by atoms with E-state index < -0.39 is 29.5 Å². The lowest BCUT2D eigenvalue weighted by Crippen LogP contribution is -2.44. The molecule has 2 aromatic rings. The van der Waals surface area contributed by atoms with Gasteiger partial charge >= 0.3 is 6.18 Å². The van der Waals surface area contributed by atoms with Gasteiger partial charge in [-0.05, 0) is 48.4 Å². The van der Waals surface area contributed by atoms with E-state index in [4.69, 9.17) is 28.5 Å². The van der Waals surface area contributed by atoms with Crippen molar-refractivity contribution in [3.63, 3.8) is 0 Å². The van der Waals surface area contributed by atoms with Crippen molar-refractivity contribution >= 4 is 29.0 Å². The lowest BCUT2D eigenvalue weighted by Gasteiger charge is -2.30. The number of aryl methyl sites for hydroxylation is 1. The Bertz CT molecular complexity index is 886. The lowest BCUT2D eigenvalue weighted by molar-refractivity contribution is -0.264. The van der Waals surface area contributed by atoms with Gasteiger partial charge in [-0.15, -0.1) is 0 Å². The largest absolute Gasteiger partial charge is 0.421 e. The molecule has 1 N–H and O–H groups in total. The standard InChI is InChI=1S/C18H12Cl2F3NO2/c1-10-4-11(2-3-12(10)9-24)16(25)8-17(26,18(21,22)23)13-5-14(19)7-15(20)6-13/h2-7,26H,8H2,1H3. The zero-order chi connectivity index (χ0) is 19.7. The zero-order valence-corrected chi connectivity index (χ0v) is 14.9. The Morgan fingerprint density at radius 3 is 2.19 bits per heavy atom. The summed E-state index contributed by atoms with van der Waals surface area (Å²) in [5, 5.41) is 19.0. The van der Waals surface area contributed by atoms with E-state index in [1.165, 1.54) is 24.3 Å². The monoisotopic (exact) mass is 401 g/mol. The minimum atomic E-state index is -5.14. The topological polar surface area (TPSA) is 61.1 Å². The number of rotatable bonds is 4. The van der Waals surface area contributed by atoms with Crippen LogP contribution in [-0.4, -0.2) is 17.1 Å². The van der Waals surface area contributed by atoms with Gasteiger partial charge in [-0.1, -0.05) is 29.3 Å². The van der Waals surface area contributed by atoms with Gasteiger partial charge in [0.2, 0.25) is 0 Å². The quantitative estimate of drug-likeness (QED) is 0.716. The van der Waals surface area contributed by atoms with Crippen molar-refractivity contribution < 1.29 is 23.1 Å². The molecule has 0 spiro atoms. The predicted octanol–water partition coefficient (Wildman–Crippen LogP) is 5.20. The Labute approximate surface area is 157 Å². The molecule has 0 heterocycles. The molecule has 0 aliphatic rings. The van der Waals surface area contributed by atoms with Crippen molar-refractivity contribution in [1.82, 2.24) is 0 Å². The molecule has 0 aliphatic heterocycles. The van der Waals surface area contributed by atoms with Crippen LogP contribution in [0.25, 0.3) is 0 Å². The van der Waals surface area contributed by atoms with E-state index in [0.717, 1.165) is 12.1 Å². The van der Waals surface area contributed by atoms with Crippen molar-refractivity contribution in [1.29, 1.82) is 5.26 Å². The van der Waals surface area contributed by atoms with Crippen molar-refractivity contribution in [2.45, 2.75) is 25.1 Å². The van der Waals surface area contributed by atoms with Gasteiger partial charge in [0.05, 0.1) is 18.1 Å². The second kappa shape index (κ2) is 7.28. The number of alkyl halides is 3. The first-order valence-corrected chi connectivity index (χ1v) is 8.03. The summed E-state index contributed by atoms with van der Waals surface area (Å²) < 4.78 is 40.8. The third kappa shape index (κ3) is 4.01. The summed E-state index contributed by atoms with van der Waals surface area (Å²) in [6.45, 7) is 1.56. The highest BCUT2D eigenvalue weighted by Gasteiger charge is 2.56. The second-order valence-corrected chi connectivity index (χ2v) is 6.63. The number of carbonyl (C=O) groups is 1. The van der Waals surface area contributed by atoms with Gasteiger partial charge in [-0.2, -0.15) is 18.4 Å². The first-order chi connectivity index (χ1) is 12.0. The van der Waals surface area contributed by atoms with E-state index in [2.05, 4.69) is 0 Å². The number of benzene rings is 2. The summed E-state index contributed by atoms with van der Waals surface area (Å²) in [7, 11) is 0. The van der Waals surface area contributed by atoms with Gasteiger partial charge in [0.15, 0.2) is 11.4 Å². The number of nitriles is 1. The number of hydrogen-bond acceptors (Lipinski definition) is 3. The minimum Gasteiger partial charge on any atom is -0.376 e. The third-order valence-electron chi connectivity index (χ3n) is 3.89. The fraction of sp³-hybridized carbons (Fsp3) is 0.222. The number of nitrogens with zero attached hydrogens (tertiary/aromatic N) is 1. The van der Waals surface area contributed by atoms with Crippen LogP contribution < -0.4 is 0 Å². The zero-order valence-electron chi connectivity index (χ0n) is 13.4. The molecule has 0 aromatic heterocycles. The van der Waals surface area contributed by atoms with Crippen LogP contribution in [-0.2, 0) is 5.60 Å². The predicted molar refractivity (Wildman–Crippen MR) is 91.3 cm³/mol. The molecule has 2 aromatic carbocycles. The maximum Gasteiger partial charge on any atom is 0.421 e. The summed E-state index contributed by atoms with van der Waals surface area (Å²) in [6, 6.07) is 8.84. The van der Waals surface area contributed by atoms with E-state index >= 15 is 0 Å². The Morgan fingerprint density at radius 1 is 1.15 bits per heavy atom. The lowest BCUT2D eigenvalue weighted by atomic mass is 9.86. The Kier molecular flexibility index (Phi) is 5.67. The molecule has 1 unspecified atom stereocenters. The van der Waals surface area contributed by atoms with Crippen molar-refractivity contribution in [2.24, 2.45) is 0 Å². The van der Waals surface area contributed by atoms with Crippen molar-refractivity contribution in [3.8, 4) is 6.07 Å². The van der Waals surface area contributed by atoms with Crippen LogP contribution in [0.15, 0.2) is 36.4 Å². The second-order valence-electron chi connectivity index (χ2n) is 5.76. The maximum absolute atomic E-state index is 13.6. The average Bonchev–Trinajstić information content (AvgIpc) is 2.52. The molecule has 0 fully saturated rings. The van der Waals surface area contributed by atoms with E-state index in [1.807, 2.05) is 6.07 Å². The molecule has 8 heteroatoms. The molecule has 1 atom stereocenters. The van der Waals surface area contributed by atoms with Gasteiger partial charge in [-0.3, -0.25) is 4.79 Å². The van der Waals surface area contributed by atoms with Crippen molar-refractivity contribution in [3.05, 3.63) is 68.7 Å².